The molecule has 0 unspecified atom stereocenters. The Morgan fingerprint density at radius 2 is 1.79 bits per heavy atom. The van der Waals surface area contributed by atoms with Crippen molar-refractivity contribution in [3.8, 4) is 11.1 Å². The number of hydrogen-bond donors (Lipinski definition) is 3. The van der Waals surface area contributed by atoms with Gasteiger partial charge in [0.2, 0.25) is 0 Å². The molecule has 1 aromatic heterocycles. The largest absolute Gasteiger partial charge is 0.394 e. The summed E-state index contributed by atoms with van der Waals surface area (Å²) in [5.74, 6) is 0.296. The van der Waals surface area contributed by atoms with Crippen molar-refractivity contribution in [1.82, 2.24) is 10.1 Å². The number of rotatable bonds is 4. The number of morpholine rings is 1. The number of guanidine groups is 1. The third kappa shape index (κ3) is 7.35. The van der Waals surface area contributed by atoms with Crippen molar-refractivity contribution in [2.75, 3.05) is 26.3 Å². The van der Waals surface area contributed by atoms with Gasteiger partial charge >= 0.3 is 10.4 Å². The van der Waals surface area contributed by atoms with Crippen LogP contribution in [0.1, 0.15) is 24.1 Å². The fourth-order valence-corrected chi connectivity index (χ4v) is 3.33. The average molecular weight is 493 g/mol. The standard InChI is InChI=1S/C22H23FN4O2.H2O4S/c1-15(17-7-8-18(19(23)13-17)16-5-3-2-4-6-16)20-14-21(29-26-20)25-22(24)27-9-11-28-12-10-27;1-5(2,3)4/h2-8,13-15H,9-12H2,1H3,(H2,24,25);(H2,1,2,3,4)/t15-;/m1./s1. The van der Waals surface area contributed by atoms with E-state index >= 15 is 0 Å². The Hall–Kier alpha value is -3.32. The summed E-state index contributed by atoms with van der Waals surface area (Å²) in [7, 11) is -4.67. The van der Waals surface area contributed by atoms with E-state index in [1.165, 1.54) is 0 Å². The molecule has 10 nitrogen and oxygen atoms in total. The van der Waals surface area contributed by atoms with Crippen LogP contribution >= 0.6 is 0 Å². The zero-order valence-corrected chi connectivity index (χ0v) is 19.2. The summed E-state index contributed by atoms with van der Waals surface area (Å²) < 4.78 is 56.9. The molecule has 0 bridgehead atoms. The first-order valence-electron chi connectivity index (χ1n) is 10.3. The first-order valence-corrected chi connectivity index (χ1v) is 11.7. The normalized spacial score (nSPS) is 15.4. The molecular formula is C22H25FN4O6S. The summed E-state index contributed by atoms with van der Waals surface area (Å²) in [6.07, 6.45) is 0. The molecule has 12 heteroatoms. The molecule has 2 heterocycles. The van der Waals surface area contributed by atoms with Crippen LogP contribution in [0.3, 0.4) is 0 Å². The predicted molar refractivity (Wildman–Crippen MR) is 124 cm³/mol. The quantitative estimate of drug-likeness (QED) is 0.283. The fourth-order valence-electron chi connectivity index (χ4n) is 3.33. The lowest BCUT2D eigenvalue weighted by Crippen LogP contribution is -2.44. The van der Waals surface area contributed by atoms with Gasteiger partial charge in [0.1, 0.15) is 5.82 Å². The van der Waals surface area contributed by atoms with Gasteiger partial charge in [0, 0.05) is 30.6 Å². The third-order valence-electron chi connectivity index (χ3n) is 5.10. The Morgan fingerprint density at radius 1 is 1.15 bits per heavy atom. The number of aromatic nitrogens is 1. The van der Waals surface area contributed by atoms with E-state index in [-0.39, 0.29) is 11.7 Å². The van der Waals surface area contributed by atoms with E-state index in [9.17, 15) is 4.39 Å². The highest BCUT2D eigenvalue weighted by Crippen LogP contribution is 2.30. The Labute approximate surface area is 196 Å². The summed E-state index contributed by atoms with van der Waals surface area (Å²) in [5.41, 5.74) is 8.96. The van der Waals surface area contributed by atoms with E-state index in [1.54, 1.807) is 18.2 Å². The van der Waals surface area contributed by atoms with Crippen molar-refractivity contribution in [1.29, 1.82) is 0 Å². The lowest BCUT2D eigenvalue weighted by molar-refractivity contribution is 0.0675. The zero-order valence-electron chi connectivity index (χ0n) is 18.3. The smallest absolute Gasteiger partial charge is 0.378 e. The molecule has 4 N–H and O–H groups in total. The minimum Gasteiger partial charge on any atom is -0.378 e. The molecule has 0 saturated carbocycles. The van der Waals surface area contributed by atoms with Crippen molar-refractivity contribution in [2.45, 2.75) is 12.8 Å². The van der Waals surface area contributed by atoms with Crippen LogP contribution < -0.4 is 5.73 Å². The molecule has 4 rings (SSSR count). The number of ether oxygens (including phenoxy) is 1. The van der Waals surface area contributed by atoms with Crippen LogP contribution in [0, 0.1) is 5.82 Å². The molecule has 1 aliphatic rings. The first-order chi connectivity index (χ1) is 16.1. The van der Waals surface area contributed by atoms with Gasteiger partial charge in [0.25, 0.3) is 5.88 Å². The molecule has 182 valence electrons. The molecule has 3 aromatic rings. The Morgan fingerprint density at radius 3 is 2.41 bits per heavy atom. The van der Waals surface area contributed by atoms with E-state index in [0.29, 0.717) is 49.4 Å². The first kappa shape index (κ1) is 25.3. The van der Waals surface area contributed by atoms with Gasteiger partial charge in [-0.3, -0.25) is 9.11 Å². The van der Waals surface area contributed by atoms with E-state index in [4.69, 9.17) is 32.5 Å². The molecule has 1 saturated heterocycles. The van der Waals surface area contributed by atoms with Crippen LogP contribution in [-0.2, 0) is 15.1 Å². The molecule has 0 aliphatic carbocycles. The number of aliphatic imine (C=N–C) groups is 1. The van der Waals surface area contributed by atoms with Crippen LogP contribution in [0.5, 0.6) is 0 Å². The van der Waals surface area contributed by atoms with E-state index in [1.807, 2.05) is 48.2 Å². The van der Waals surface area contributed by atoms with Crippen molar-refractivity contribution in [2.24, 2.45) is 10.7 Å². The number of nitrogens with zero attached hydrogens (tertiary/aromatic N) is 3. The third-order valence-corrected chi connectivity index (χ3v) is 5.10. The van der Waals surface area contributed by atoms with E-state index < -0.39 is 10.4 Å². The van der Waals surface area contributed by atoms with Gasteiger partial charge in [-0.25, -0.2) is 4.39 Å². The number of nitrogens with two attached hydrogens (primary N) is 1. The number of halogens is 1. The fraction of sp³-hybridized carbons (Fsp3) is 0.273. The average Bonchev–Trinajstić information content (AvgIpc) is 3.27. The van der Waals surface area contributed by atoms with E-state index in [0.717, 1.165) is 11.1 Å². The zero-order chi connectivity index (χ0) is 24.7. The molecule has 0 radical (unpaired) electrons. The summed E-state index contributed by atoms with van der Waals surface area (Å²) in [4.78, 5) is 6.25. The molecule has 1 aliphatic heterocycles. The highest BCUT2D eigenvalue weighted by atomic mass is 32.3. The van der Waals surface area contributed by atoms with Gasteiger partial charge in [-0.05, 0) is 17.2 Å². The van der Waals surface area contributed by atoms with Gasteiger partial charge in [-0.1, -0.05) is 54.5 Å². The van der Waals surface area contributed by atoms with E-state index in [2.05, 4.69) is 10.1 Å². The predicted octanol–water partition coefficient (Wildman–Crippen LogP) is 3.26. The highest BCUT2D eigenvalue weighted by molar-refractivity contribution is 7.79. The second kappa shape index (κ2) is 11.2. The van der Waals surface area contributed by atoms with Gasteiger partial charge in [0.15, 0.2) is 5.96 Å². The number of hydrogen-bond acceptors (Lipinski definition) is 6. The van der Waals surface area contributed by atoms with Crippen LogP contribution in [0.4, 0.5) is 10.3 Å². The summed E-state index contributed by atoms with van der Waals surface area (Å²) in [6, 6.07) is 16.5. The topological polar surface area (TPSA) is 151 Å². The molecule has 1 fully saturated rings. The number of benzene rings is 2. The molecule has 0 amide bonds. The SMILES string of the molecule is C[C@H](c1ccc(-c2ccccc2)c(F)c1)c1cc(N=C(N)N2CCOCC2)on1.O=S(=O)(O)O. The van der Waals surface area contributed by atoms with Crippen LogP contribution in [0.25, 0.3) is 11.1 Å². The molecular weight excluding hydrogens is 467 g/mol. The van der Waals surface area contributed by atoms with Gasteiger partial charge < -0.3 is 19.9 Å². The Kier molecular flexibility index (Phi) is 8.34. The van der Waals surface area contributed by atoms with Crippen molar-refractivity contribution >= 4 is 22.2 Å². The maximum Gasteiger partial charge on any atom is 0.394 e. The van der Waals surface area contributed by atoms with Crippen LogP contribution in [0.15, 0.2) is 64.1 Å². The van der Waals surface area contributed by atoms with Crippen molar-refractivity contribution < 1.29 is 31.2 Å². The molecule has 1 atom stereocenters. The second-order valence-electron chi connectivity index (χ2n) is 7.43. The minimum atomic E-state index is -4.67. The maximum atomic E-state index is 14.7. The summed E-state index contributed by atoms with van der Waals surface area (Å²) >= 11 is 0. The highest BCUT2D eigenvalue weighted by Gasteiger charge is 2.18. The van der Waals surface area contributed by atoms with Crippen molar-refractivity contribution in [3.63, 3.8) is 0 Å². The van der Waals surface area contributed by atoms with Gasteiger partial charge in [-0.2, -0.15) is 13.4 Å². The van der Waals surface area contributed by atoms with Gasteiger partial charge in [0.05, 0.1) is 18.9 Å². The van der Waals surface area contributed by atoms with Crippen LogP contribution in [-0.4, -0.2) is 59.8 Å². The van der Waals surface area contributed by atoms with Crippen LogP contribution in [0.2, 0.25) is 0 Å². The lowest BCUT2D eigenvalue weighted by atomic mass is 9.95. The summed E-state index contributed by atoms with van der Waals surface area (Å²) in [5, 5.41) is 4.10. The molecule has 0 spiro atoms. The Balaban J connectivity index is 0.000000588. The lowest BCUT2D eigenvalue weighted by Gasteiger charge is -2.27. The Bertz CT molecular complexity index is 1220. The maximum absolute atomic E-state index is 14.7. The van der Waals surface area contributed by atoms with Gasteiger partial charge in [-0.15, -0.1) is 0 Å². The van der Waals surface area contributed by atoms with Crippen molar-refractivity contribution in [3.05, 3.63) is 71.7 Å². The molecule has 2 aromatic carbocycles. The molecule has 34 heavy (non-hydrogen) atoms. The second-order valence-corrected chi connectivity index (χ2v) is 8.33. The monoisotopic (exact) mass is 492 g/mol. The minimum absolute atomic E-state index is 0.147. The summed E-state index contributed by atoms with van der Waals surface area (Å²) in [6.45, 7) is 4.59.